The zero-order valence-electron chi connectivity index (χ0n) is 17.6. The molecule has 2 fully saturated rings. The van der Waals surface area contributed by atoms with Crippen LogP contribution in [0.5, 0.6) is 0 Å². The second kappa shape index (κ2) is 9.30. The molecule has 3 rings (SSSR count). The number of anilines is 1. The SMILES string of the molecule is CN=C(NCC1(C(=O)N(C)C)CCCC1)NC1CCN(c2ccccc2)CC1. The number of nitrogens with zero attached hydrogens (tertiary/aromatic N) is 3. The lowest BCUT2D eigenvalue weighted by Gasteiger charge is -2.35. The molecule has 6 nitrogen and oxygen atoms in total. The number of piperidine rings is 1. The van der Waals surface area contributed by atoms with Crippen LogP contribution in [-0.4, -0.2) is 63.6 Å². The first-order chi connectivity index (χ1) is 13.5. The Morgan fingerprint density at radius 1 is 1.18 bits per heavy atom. The molecule has 0 radical (unpaired) electrons. The number of amides is 1. The smallest absolute Gasteiger partial charge is 0.230 e. The lowest BCUT2D eigenvalue weighted by atomic mass is 9.84. The summed E-state index contributed by atoms with van der Waals surface area (Å²) in [6.45, 7) is 2.75. The lowest BCUT2D eigenvalue weighted by molar-refractivity contribution is -0.138. The first-order valence-electron chi connectivity index (χ1n) is 10.5. The minimum absolute atomic E-state index is 0.240. The molecular formula is C22H35N5O. The highest BCUT2D eigenvalue weighted by atomic mass is 16.2. The van der Waals surface area contributed by atoms with Crippen LogP contribution in [0.25, 0.3) is 0 Å². The standard InChI is InChI=1S/C22H35N5O/c1-23-21(24-17-22(13-7-8-14-22)20(28)26(2)3)25-18-11-15-27(16-12-18)19-9-5-4-6-10-19/h4-6,9-10,18H,7-8,11-17H2,1-3H3,(H2,23,24,25). The Morgan fingerprint density at radius 3 is 2.39 bits per heavy atom. The molecule has 1 amide bonds. The third kappa shape index (κ3) is 4.78. The van der Waals surface area contributed by atoms with E-state index in [0.29, 0.717) is 12.6 Å². The number of aliphatic imine (C=N–C) groups is 1. The molecule has 2 aliphatic rings. The van der Waals surface area contributed by atoms with Gasteiger partial charge in [-0.2, -0.15) is 0 Å². The molecule has 2 N–H and O–H groups in total. The highest BCUT2D eigenvalue weighted by Crippen LogP contribution is 2.38. The Bertz CT molecular complexity index is 659. The number of rotatable bonds is 5. The maximum atomic E-state index is 12.7. The monoisotopic (exact) mass is 385 g/mol. The van der Waals surface area contributed by atoms with E-state index in [0.717, 1.165) is 57.6 Å². The van der Waals surface area contributed by atoms with Crippen molar-refractivity contribution in [2.24, 2.45) is 10.4 Å². The number of nitrogens with one attached hydrogen (secondary N) is 2. The van der Waals surface area contributed by atoms with Crippen LogP contribution >= 0.6 is 0 Å². The van der Waals surface area contributed by atoms with E-state index < -0.39 is 0 Å². The highest BCUT2D eigenvalue weighted by molar-refractivity contribution is 5.85. The number of benzene rings is 1. The molecule has 0 unspecified atom stereocenters. The van der Waals surface area contributed by atoms with Crippen molar-refractivity contribution in [1.29, 1.82) is 0 Å². The minimum Gasteiger partial charge on any atom is -0.371 e. The molecular weight excluding hydrogens is 350 g/mol. The van der Waals surface area contributed by atoms with Gasteiger partial charge in [-0.1, -0.05) is 31.0 Å². The van der Waals surface area contributed by atoms with Crippen LogP contribution < -0.4 is 15.5 Å². The summed E-state index contributed by atoms with van der Waals surface area (Å²) in [5.74, 6) is 1.06. The third-order valence-corrected chi connectivity index (χ3v) is 6.20. The van der Waals surface area contributed by atoms with E-state index in [2.05, 4.69) is 50.9 Å². The van der Waals surface area contributed by atoms with Gasteiger partial charge in [0.05, 0.1) is 5.41 Å². The molecule has 154 valence electrons. The Labute approximate surface area is 169 Å². The van der Waals surface area contributed by atoms with Crippen molar-refractivity contribution >= 4 is 17.6 Å². The third-order valence-electron chi connectivity index (χ3n) is 6.20. The van der Waals surface area contributed by atoms with Crippen LogP contribution in [0.2, 0.25) is 0 Å². The van der Waals surface area contributed by atoms with Crippen LogP contribution in [0.15, 0.2) is 35.3 Å². The predicted octanol–water partition coefficient (Wildman–Crippen LogP) is 2.47. The molecule has 1 aliphatic carbocycles. The average molecular weight is 386 g/mol. The Kier molecular flexibility index (Phi) is 6.81. The second-order valence-electron chi connectivity index (χ2n) is 8.35. The summed E-state index contributed by atoms with van der Waals surface area (Å²) in [5, 5.41) is 7.03. The van der Waals surface area contributed by atoms with Gasteiger partial charge in [-0.25, -0.2) is 0 Å². The number of hydrogen-bond donors (Lipinski definition) is 2. The van der Waals surface area contributed by atoms with E-state index >= 15 is 0 Å². The van der Waals surface area contributed by atoms with Crippen LogP contribution in [-0.2, 0) is 4.79 Å². The molecule has 1 saturated heterocycles. The molecule has 6 heteroatoms. The Balaban J connectivity index is 1.50. The quantitative estimate of drug-likeness (QED) is 0.604. The average Bonchev–Trinajstić information content (AvgIpc) is 3.21. The molecule has 1 aromatic rings. The molecule has 1 saturated carbocycles. The largest absolute Gasteiger partial charge is 0.371 e. The first kappa shape index (κ1) is 20.5. The molecule has 1 heterocycles. The molecule has 0 spiro atoms. The van der Waals surface area contributed by atoms with Crippen molar-refractivity contribution in [2.45, 2.75) is 44.6 Å². The number of guanidine groups is 1. The van der Waals surface area contributed by atoms with Crippen LogP contribution in [0.4, 0.5) is 5.69 Å². The second-order valence-corrected chi connectivity index (χ2v) is 8.35. The summed E-state index contributed by atoms with van der Waals surface area (Å²) in [6, 6.07) is 11.0. The Morgan fingerprint density at radius 2 is 1.82 bits per heavy atom. The van der Waals surface area contributed by atoms with Gasteiger partial charge in [0.1, 0.15) is 0 Å². The van der Waals surface area contributed by atoms with E-state index in [4.69, 9.17) is 0 Å². The molecule has 0 atom stereocenters. The maximum absolute atomic E-state index is 12.7. The lowest BCUT2D eigenvalue weighted by Crippen LogP contribution is -2.52. The van der Waals surface area contributed by atoms with Gasteiger partial charge in [0, 0.05) is 52.5 Å². The Hall–Kier alpha value is -2.24. The van der Waals surface area contributed by atoms with E-state index in [9.17, 15) is 4.79 Å². The number of para-hydroxylation sites is 1. The summed E-state index contributed by atoms with van der Waals surface area (Å²) in [6.07, 6.45) is 6.35. The minimum atomic E-state index is -0.280. The van der Waals surface area contributed by atoms with E-state index in [1.807, 2.05) is 21.1 Å². The van der Waals surface area contributed by atoms with Crippen molar-refractivity contribution < 1.29 is 4.79 Å². The van der Waals surface area contributed by atoms with Gasteiger partial charge < -0.3 is 20.4 Å². The topological polar surface area (TPSA) is 60.0 Å². The van der Waals surface area contributed by atoms with Gasteiger partial charge in [0.25, 0.3) is 0 Å². The zero-order chi connectivity index (χ0) is 20.0. The molecule has 1 aromatic carbocycles. The number of hydrogen-bond acceptors (Lipinski definition) is 3. The fraction of sp³-hybridized carbons (Fsp3) is 0.636. The fourth-order valence-corrected chi connectivity index (χ4v) is 4.55. The number of carbonyl (C=O) groups excluding carboxylic acids is 1. The molecule has 1 aliphatic heterocycles. The normalized spacial score (nSPS) is 20.1. The van der Waals surface area contributed by atoms with E-state index in [-0.39, 0.29) is 11.3 Å². The van der Waals surface area contributed by atoms with Gasteiger partial charge in [0.2, 0.25) is 5.91 Å². The number of carbonyl (C=O) groups is 1. The predicted molar refractivity (Wildman–Crippen MR) is 116 cm³/mol. The van der Waals surface area contributed by atoms with Gasteiger partial charge in [-0.3, -0.25) is 9.79 Å². The van der Waals surface area contributed by atoms with E-state index in [1.165, 1.54) is 5.69 Å². The van der Waals surface area contributed by atoms with Gasteiger partial charge in [-0.05, 0) is 37.8 Å². The molecule has 0 aromatic heterocycles. The van der Waals surface area contributed by atoms with Crippen LogP contribution in [0.3, 0.4) is 0 Å². The summed E-state index contributed by atoms with van der Waals surface area (Å²) >= 11 is 0. The van der Waals surface area contributed by atoms with Crippen LogP contribution in [0, 0.1) is 5.41 Å². The fourth-order valence-electron chi connectivity index (χ4n) is 4.55. The zero-order valence-corrected chi connectivity index (χ0v) is 17.6. The van der Waals surface area contributed by atoms with E-state index in [1.54, 1.807) is 4.90 Å². The van der Waals surface area contributed by atoms with Gasteiger partial charge >= 0.3 is 0 Å². The van der Waals surface area contributed by atoms with Crippen molar-refractivity contribution in [1.82, 2.24) is 15.5 Å². The van der Waals surface area contributed by atoms with Crippen molar-refractivity contribution in [2.75, 3.05) is 45.7 Å². The van der Waals surface area contributed by atoms with Gasteiger partial charge in [0.15, 0.2) is 5.96 Å². The molecule has 28 heavy (non-hydrogen) atoms. The first-order valence-corrected chi connectivity index (χ1v) is 10.5. The maximum Gasteiger partial charge on any atom is 0.230 e. The van der Waals surface area contributed by atoms with Gasteiger partial charge in [-0.15, -0.1) is 0 Å². The summed E-state index contributed by atoms with van der Waals surface area (Å²) < 4.78 is 0. The molecule has 0 bridgehead atoms. The highest BCUT2D eigenvalue weighted by Gasteiger charge is 2.42. The van der Waals surface area contributed by atoms with Crippen LogP contribution in [0.1, 0.15) is 38.5 Å². The van der Waals surface area contributed by atoms with Crippen molar-refractivity contribution in [3.8, 4) is 0 Å². The summed E-state index contributed by atoms with van der Waals surface area (Å²) in [5.41, 5.74) is 1.02. The summed E-state index contributed by atoms with van der Waals surface area (Å²) in [7, 11) is 5.52. The summed E-state index contributed by atoms with van der Waals surface area (Å²) in [4.78, 5) is 21.3. The van der Waals surface area contributed by atoms with Crippen molar-refractivity contribution in [3.05, 3.63) is 30.3 Å². The van der Waals surface area contributed by atoms with Crippen molar-refractivity contribution in [3.63, 3.8) is 0 Å².